The average molecular weight is 215 g/mol. The highest BCUT2D eigenvalue weighted by molar-refractivity contribution is 7.85. The summed E-state index contributed by atoms with van der Waals surface area (Å²) < 4.78 is 28.9. The summed E-state index contributed by atoms with van der Waals surface area (Å²) >= 11 is 0. The molecule has 76 valence electrons. The van der Waals surface area contributed by atoms with Crippen molar-refractivity contribution in [3.8, 4) is 5.75 Å². The van der Waals surface area contributed by atoms with Crippen molar-refractivity contribution in [2.45, 2.75) is 0 Å². The van der Waals surface area contributed by atoms with Crippen LogP contribution in [0.4, 0.5) is 0 Å². The first-order valence-electron chi connectivity index (χ1n) is 3.72. The van der Waals surface area contributed by atoms with Gasteiger partial charge in [-0.05, 0) is 12.1 Å². The zero-order valence-corrected chi connectivity index (χ0v) is 7.98. The lowest BCUT2D eigenvalue weighted by Crippen LogP contribution is -2.01. The molecule has 1 aromatic carbocycles. The lowest BCUT2D eigenvalue weighted by Gasteiger charge is -1.95. The molecule has 0 spiro atoms. The van der Waals surface area contributed by atoms with E-state index in [2.05, 4.69) is 4.99 Å². The molecule has 0 aliphatic heterocycles. The molecular weight excluding hydrogens is 206 g/mol. The fourth-order valence-electron chi connectivity index (χ4n) is 0.827. The van der Waals surface area contributed by atoms with Crippen molar-refractivity contribution in [3.63, 3.8) is 0 Å². The van der Waals surface area contributed by atoms with E-state index >= 15 is 0 Å². The van der Waals surface area contributed by atoms with E-state index in [0.29, 0.717) is 5.56 Å². The number of hydrogen-bond acceptors (Lipinski definition) is 4. The molecule has 0 saturated carbocycles. The molecule has 1 rings (SSSR count). The first-order chi connectivity index (χ1) is 6.49. The first kappa shape index (κ1) is 10.7. The Morgan fingerprint density at radius 1 is 1.36 bits per heavy atom. The molecule has 0 unspecified atom stereocenters. The summed E-state index contributed by atoms with van der Waals surface area (Å²) in [6.45, 7) is 0. The van der Waals surface area contributed by atoms with Gasteiger partial charge in [-0.1, -0.05) is 12.1 Å². The topological polar surface area (TPSA) is 87.0 Å². The van der Waals surface area contributed by atoms with Gasteiger partial charge >= 0.3 is 0 Å². The minimum Gasteiger partial charge on any atom is -0.507 e. The number of para-hydroxylation sites is 1. The summed E-state index contributed by atoms with van der Waals surface area (Å²) in [5.41, 5.74) is 0.399. The van der Waals surface area contributed by atoms with Gasteiger partial charge in [0.1, 0.15) is 5.75 Å². The second kappa shape index (κ2) is 4.21. The van der Waals surface area contributed by atoms with E-state index in [1.165, 1.54) is 12.3 Å². The third kappa shape index (κ3) is 3.55. The van der Waals surface area contributed by atoms with Crippen LogP contribution in [0.3, 0.4) is 0 Å². The molecule has 0 bridgehead atoms. The summed E-state index contributed by atoms with van der Waals surface area (Å²) in [6, 6.07) is 6.33. The van der Waals surface area contributed by atoms with Gasteiger partial charge in [0.05, 0.1) is 0 Å². The molecule has 5 nitrogen and oxygen atoms in total. The molecule has 0 aromatic heterocycles. The molecule has 0 saturated heterocycles. The molecule has 0 atom stereocenters. The number of phenols is 1. The Hall–Kier alpha value is -1.40. The van der Waals surface area contributed by atoms with Crippen molar-refractivity contribution in [2.24, 2.45) is 4.99 Å². The minimum absolute atomic E-state index is 0.00610. The normalized spacial score (nSPS) is 12.1. The summed E-state index contributed by atoms with van der Waals surface area (Å²) in [4.78, 5) is 3.45. The SMILES string of the molecule is O=S(=O)(O)CN=Cc1ccccc1O. The largest absolute Gasteiger partial charge is 0.507 e. The Morgan fingerprint density at radius 2 is 2.00 bits per heavy atom. The number of benzene rings is 1. The zero-order chi connectivity index (χ0) is 10.6. The molecule has 0 aliphatic carbocycles. The summed E-state index contributed by atoms with van der Waals surface area (Å²) in [5.74, 6) is -0.701. The lowest BCUT2D eigenvalue weighted by molar-refractivity contribution is 0.474. The van der Waals surface area contributed by atoms with Crippen LogP contribution in [0.15, 0.2) is 29.3 Å². The highest BCUT2D eigenvalue weighted by atomic mass is 32.2. The van der Waals surface area contributed by atoms with E-state index in [1.54, 1.807) is 18.2 Å². The van der Waals surface area contributed by atoms with Gasteiger partial charge in [0.25, 0.3) is 10.1 Å². The van der Waals surface area contributed by atoms with Crippen molar-refractivity contribution in [2.75, 3.05) is 5.88 Å². The smallest absolute Gasteiger partial charge is 0.285 e. The number of nitrogens with zero attached hydrogens (tertiary/aromatic N) is 1. The van der Waals surface area contributed by atoms with Gasteiger partial charge in [0.15, 0.2) is 5.88 Å². The van der Waals surface area contributed by atoms with Crippen LogP contribution < -0.4 is 0 Å². The number of aromatic hydroxyl groups is 1. The highest BCUT2D eigenvalue weighted by Crippen LogP contribution is 2.12. The molecular formula is C8H9NO4S. The lowest BCUT2D eigenvalue weighted by atomic mass is 10.2. The van der Waals surface area contributed by atoms with E-state index < -0.39 is 16.0 Å². The van der Waals surface area contributed by atoms with Crippen LogP contribution in [0.2, 0.25) is 0 Å². The van der Waals surface area contributed by atoms with E-state index in [9.17, 15) is 13.5 Å². The van der Waals surface area contributed by atoms with Crippen molar-refractivity contribution < 1.29 is 18.1 Å². The Morgan fingerprint density at radius 3 is 2.57 bits per heavy atom. The summed E-state index contributed by atoms with van der Waals surface area (Å²) in [5, 5.41) is 9.24. The van der Waals surface area contributed by atoms with Gasteiger partial charge in [-0.25, -0.2) is 0 Å². The third-order valence-electron chi connectivity index (χ3n) is 1.40. The van der Waals surface area contributed by atoms with Crippen LogP contribution in [-0.4, -0.2) is 30.2 Å². The van der Waals surface area contributed by atoms with Crippen LogP contribution in [0.1, 0.15) is 5.56 Å². The van der Waals surface area contributed by atoms with Crippen LogP contribution in [0.25, 0.3) is 0 Å². The van der Waals surface area contributed by atoms with Gasteiger partial charge in [-0.3, -0.25) is 9.55 Å². The van der Waals surface area contributed by atoms with Crippen molar-refractivity contribution in [3.05, 3.63) is 29.8 Å². The van der Waals surface area contributed by atoms with Crippen molar-refractivity contribution >= 4 is 16.3 Å². The number of hydrogen-bond donors (Lipinski definition) is 2. The molecule has 6 heteroatoms. The molecule has 0 heterocycles. The van der Waals surface area contributed by atoms with Gasteiger partial charge in [0.2, 0.25) is 0 Å². The molecule has 1 aromatic rings. The molecule has 14 heavy (non-hydrogen) atoms. The number of aliphatic imine (C=N–C) groups is 1. The van der Waals surface area contributed by atoms with Gasteiger partial charge in [0, 0.05) is 11.8 Å². The maximum Gasteiger partial charge on any atom is 0.285 e. The highest BCUT2D eigenvalue weighted by Gasteiger charge is 2.00. The summed E-state index contributed by atoms with van der Waals surface area (Å²) in [6.07, 6.45) is 1.18. The predicted octanol–water partition coefficient (Wildman–Crippen LogP) is 0.656. The maximum absolute atomic E-state index is 10.3. The Kier molecular flexibility index (Phi) is 3.21. The molecule has 0 radical (unpaired) electrons. The Bertz CT molecular complexity index is 438. The van der Waals surface area contributed by atoms with Crippen molar-refractivity contribution in [1.82, 2.24) is 0 Å². The fourth-order valence-corrected chi connectivity index (χ4v) is 1.09. The standard InChI is InChI=1S/C8H9NO4S/c10-8-4-2-1-3-7(8)5-9-6-14(11,12)13/h1-5,10H,6H2,(H,11,12,13). The van der Waals surface area contributed by atoms with E-state index in [-0.39, 0.29) is 5.75 Å². The molecule has 2 N–H and O–H groups in total. The minimum atomic E-state index is -4.09. The average Bonchev–Trinajstić information content (AvgIpc) is 2.06. The fraction of sp³-hybridized carbons (Fsp3) is 0.125. The molecule has 0 amide bonds. The monoisotopic (exact) mass is 215 g/mol. The van der Waals surface area contributed by atoms with Crippen LogP contribution in [0, 0.1) is 0 Å². The number of phenolic OH excluding ortho intramolecular Hbond substituents is 1. The van der Waals surface area contributed by atoms with Crippen LogP contribution in [0.5, 0.6) is 5.75 Å². The van der Waals surface area contributed by atoms with E-state index in [0.717, 1.165) is 0 Å². The predicted molar refractivity (Wildman–Crippen MR) is 52.1 cm³/mol. The second-order valence-electron chi connectivity index (χ2n) is 2.58. The van der Waals surface area contributed by atoms with Crippen LogP contribution in [-0.2, 0) is 10.1 Å². The second-order valence-corrected chi connectivity index (χ2v) is 4.00. The summed E-state index contributed by atoms with van der Waals surface area (Å²) in [7, 11) is -4.09. The quantitative estimate of drug-likeness (QED) is 0.572. The van der Waals surface area contributed by atoms with Crippen molar-refractivity contribution in [1.29, 1.82) is 0 Å². The van der Waals surface area contributed by atoms with E-state index in [1.807, 2.05) is 0 Å². The molecule has 0 aliphatic rings. The maximum atomic E-state index is 10.3. The zero-order valence-electron chi connectivity index (χ0n) is 7.16. The van der Waals surface area contributed by atoms with Gasteiger partial charge < -0.3 is 5.11 Å². The van der Waals surface area contributed by atoms with E-state index in [4.69, 9.17) is 4.55 Å². The molecule has 0 fully saturated rings. The Balaban J connectivity index is 2.75. The first-order valence-corrected chi connectivity index (χ1v) is 5.33. The van der Waals surface area contributed by atoms with Gasteiger partial charge in [-0.2, -0.15) is 8.42 Å². The van der Waals surface area contributed by atoms with Crippen LogP contribution >= 0.6 is 0 Å². The third-order valence-corrected chi connectivity index (χ3v) is 1.88. The number of rotatable bonds is 3. The Labute approximate surface area is 81.5 Å². The van der Waals surface area contributed by atoms with Gasteiger partial charge in [-0.15, -0.1) is 0 Å².